The van der Waals surface area contributed by atoms with Gasteiger partial charge >= 0.3 is 0 Å². The Morgan fingerprint density at radius 2 is 2.05 bits per heavy atom. The second-order valence-corrected chi connectivity index (χ2v) is 5.38. The minimum absolute atomic E-state index is 0.194. The lowest BCUT2D eigenvalue weighted by molar-refractivity contribution is 0.174. The molecule has 0 aliphatic carbocycles. The molecule has 0 amide bonds. The standard InChI is InChI=1S/C15H17N3O3/c1-2-4-11(16-7-3-1)14-17-15(21-18-14)10-5-6-12-13(8-10)20-9-19-12/h5-6,8,11,16H,1-4,7,9H2. The van der Waals surface area contributed by atoms with Crippen LogP contribution in [-0.4, -0.2) is 23.5 Å². The van der Waals surface area contributed by atoms with Gasteiger partial charge in [-0.25, -0.2) is 0 Å². The topological polar surface area (TPSA) is 69.4 Å². The molecule has 1 atom stereocenters. The zero-order valence-corrected chi connectivity index (χ0v) is 11.7. The Hall–Kier alpha value is -2.08. The number of hydrogen-bond donors (Lipinski definition) is 1. The fourth-order valence-electron chi connectivity index (χ4n) is 2.77. The molecule has 21 heavy (non-hydrogen) atoms. The van der Waals surface area contributed by atoms with E-state index in [0.717, 1.165) is 35.9 Å². The van der Waals surface area contributed by atoms with Gasteiger partial charge in [-0.2, -0.15) is 4.98 Å². The first-order chi connectivity index (χ1) is 10.4. The van der Waals surface area contributed by atoms with E-state index in [2.05, 4.69) is 15.5 Å². The summed E-state index contributed by atoms with van der Waals surface area (Å²) in [6.07, 6.45) is 4.73. The number of hydrogen-bond acceptors (Lipinski definition) is 6. The number of ether oxygens (including phenoxy) is 2. The Morgan fingerprint density at radius 3 is 3.05 bits per heavy atom. The van der Waals surface area contributed by atoms with Crippen LogP contribution in [-0.2, 0) is 0 Å². The van der Waals surface area contributed by atoms with Gasteiger partial charge in [0.05, 0.1) is 6.04 Å². The van der Waals surface area contributed by atoms with Gasteiger partial charge in [-0.1, -0.05) is 18.0 Å². The maximum atomic E-state index is 5.41. The van der Waals surface area contributed by atoms with E-state index in [9.17, 15) is 0 Å². The number of benzene rings is 1. The number of nitrogens with one attached hydrogen (secondary N) is 1. The Labute approximate surface area is 122 Å². The molecule has 1 aromatic carbocycles. The molecule has 1 aromatic heterocycles. The van der Waals surface area contributed by atoms with Crippen molar-refractivity contribution in [3.63, 3.8) is 0 Å². The largest absolute Gasteiger partial charge is 0.454 e. The predicted molar refractivity (Wildman–Crippen MR) is 75.1 cm³/mol. The van der Waals surface area contributed by atoms with Gasteiger partial charge in [0.1, 0.15) is 0 Å². The lowest BCUT2D eigenvalue weighted by Gasteiger charge is -2.09. The average molecular weight is 287 g/mol. The lowest BCUT2D eigenvalue weighted by atomic mass is 10.1. The van der Waals surface area contributed by atoms with Gasteiger partial charge < -0.3 is 19.3 Å². The summed E-state index contributed by atoms with van der Waals surface area (Å²) in [5.41, 5.74) is 0.853. The van der Waals surface area contributed by atoms with Crippen LogP contribution in [0.15, 0.2) is 22.7 Å². The smallest absolute Gasteiger partial charge is 0.258 e. The normalized spacial score (nSPS) is 21.2. The first-order valence-corrected chi connectivity index (χ1v) is 7.37. The van der Waals surface area contributed by atoms with Crippen LogP contribution in [0.5, 0.6) is 11.5 Å². The van der Waals surface area contributed by atoms with Gasteiger partial charge in [0.2, 0.25) is 6.79 Å². The summed E-state index contributed by atoms with van der Waals surface area (Å²) in [5, 5.41) is 7.61. The minimum atomic E-state index is 0.194. The van der Waals surface area contributed by atoms with E-state index in [1.54, 1.807) is 0 Å². The van der Waals surface area contributed by atoms with Crippen molar-refractivity contribution in [1.29, 1.82) is 0 Å². The summed E-state index contributed by atoms with van der Waals surface area (Å²) in [7, 11) is 0. The first kappa shape index (κ1) is 12.6. The van der Waals surface area contributed by atoms with Gasteiger partial charge in [-0.15, -0.1) is 0 Å². The van der Waals surface area contributed by atoms with Gasteiger partial charge in [0.15, 0.2) is 17.3 Å². The van der Waals surface area contributed by atoms with E-state index >= 15 is 0 Å². The molecule has 1 N–H and O–H groups in total. The van der Waals surface area contributed by atoms with Crippen LogP contribution < -0.4 is 14.8 Å². The van der Waals surface area contributed by atoms with E-state index in [0.29, 0.717) is 5.89 Å². The van der Waals surface area contributed by atoms with Crippen LogP contribution in [0, 0.1) is 0 Å². The number of fused-ring (bicyclic) bond motifs is 1. The SMILES string of the molecule is c1cc2c(cc1-c1nc(C3CCCCCN3)no1)OCO2. The summed E-state index contributed by atoms with van der Waals surface area (Å²) < 4.78 is 16.1. The molecule has 0 bridgehead atoms. The van der Waals surface area contributed by atoms with Crippen LogP contribution in [0.4, 0.5) is 0 Å². The van der Waals surface area contributed by atoms with E-state index in [-0.39, 0.29) is 12.8 Å². The van der Waals surface area contributed by atoms with Gasteiger partial charge in [0, 0.05) is 5.56 Å². The highest BCUT2D eigenvalue weighted by Crippen LogP contribution is 2.35. The van der Waals surface area contributed by atoms with Crippen LogP contribution >= 0.6 is 0 Å². The predicted octanol–water partition coefficient (Wildman–Crippen LogP) is 2.67. The Bertz CT molecular complexity index is 633. The van der Waals surface area contributed by atoms with Crippen molar-refractivity contribution in [2.45, 2.75) is 31.7 Å². The molecule has 6 heteroatoms. The van der Waals surface area contributed by atoms with Crippen LogP contribution in [0.2, 0.25) is 0 Å². The summed E-state index contributed by atoms with van der Waals surface area (Å²) in [5.74, 6) is 2.74. The average Bonchev–Trinajstić information content (AvgIpc) is 3.10. The van der Waals surface area contributed by atoms with E-state index < -0.39 is 0 Å². The van der Waals surface area contributed by atoms with Crippen molar-refractivity contribution < 1.29 is 14.0 Å². The highest BCUT2D eigenvalue weighted by Gasteiger charge is 2.21. The van der Waals surface area contributed by atoms with Crippen LogP contribution in [0.1, 0.15) is 37.5 Å². The van der Waals surface area contributed by atoms with Crippen molar-refractivity contribution in [2.75, 3.05) is 13.3 Å². The van der Waals surface area contributed by atoms with Crippen molar-refractivity contribution >= 4 is 0 Å². The van der Waals surface area contributed by atoms with Crippen molar-refractivity contribution in [2.24, 2.45) is 0 Å². The summed E-state index contributed by atoms with van der Waals surface area (Å²) in [6, 6.07) is 5.84. The maximum absolute atomic E-state index is 5.41. The van der Waals surface area contributed by atoms with Crippen molar-refractivity contribution in [3.8, 4) is 23.0 Å². The van der Waals surface area contributed by atoms with Crippen LogP contribution in [0.25, 0.3) is 11.5 Å². The number of aromatic nitrogens is 2. The molecular formula is C15H17N3O3. The zero-order chi connectivity index (χ0) is 14.1. The number of rotatable bonds is 2. The van der Waals surface area contributed by atoms with E-state index in [1.165, 1.54) is 19.3 Å². The maximum Gasteiger partial charge on any atom is 0.258 e. The molecule has 6 nitrogen and oxygen atoms in total. The third-order valence-corrected chi connectivity index (χ3v) is 3.93. The zero-order valence-electron chi connectivity index (χ0n) is 11.7. The Kier molecular flexibility index (Phi) is 3.23. The summed E-state index contributed by atoms with van der Waals surface area (Å²) in [6.45, 7) is 1.28. The lowest BCUT2D eigenvalue weighted by Crippen LogP contribution is -2.21. The summed E-state index contributed by atoms with van der Waals surface area (Å²) in [4.78, 5) is 4.53. The molecule has 0 spiro atoms. The highest BCUT2D eigenvalue weighted by atomic mass is 16.7. The monoisotopic (exact) mass is 287 g/mol. The Morgan fingerprint density at radius 1 is 1.10 bits per heavy atom. The number of nitrogens with zero attached hydrogens (tertiary/aromatic N) is 2. The molecule has 3 heterocycles. The molecule has 1 unspecified atom stereocenters. The van der Waals surface area contributed by atoms with E-state index in [1.807, 2.05) is 18.2 Å². The molecule has 0 radical (unpaired) electrons. The second kappa shape index (κ2) is 5.37. The molecule has 2 aromatic rings. The molecule has 1 saturated heterocycles. The molecule has 2 aliphatic rings. The highest BCUT2D eigenvalue weighted by molar-refractivity contribution is 5.60. The molecule has 4 rings (SSSR count). The molecule has 0 saturated carbocycles. The van der Waals surface area contributed by atoms with Gasteiger partial charge in [0.25, 0.3) is 5.89 Å². The fraction of sp³-hybridized carbons (Fsp3) is 0.467. The molecule has 1 fully saturated rings. The van der Waals surface area contributed by atoms with Crippen LogP contribution in [0.3, 0.4) is 0 Å². The molecule has 2 aliphatic heterocycles. The van der Waals surface area contributed by atoms with Gasteiger partial charge in [-0.3, -0.25) is 0 Å². The Balaban J connectivity index is 1.59. The third kappa shape index (κ3) is 2.47. The fourth-order valence-corrected chi connectivity index (χ4v) is 2.77. The van der Waals surface area contributed by atoms with E-state index in [4.69, 9.17) is 14.0 Å². The van der Waals surface area contributed by atoms with Crippen molar-refractivity contribution in [1.82, 2.24) is 15.5 Å². The second-order valence-electron chi connectivity index (χ2n) is 5.38. The first-order valence-electron chi connectivity index (χ1n) is 7.37. The molecular weight excluding hydrogens is 270 g/mol. The summed E-state index contributed by atoms with van der Waals surface area (Å²) >= 11 is 0. The van der Waals surface area contributed by atoms with Crippen molar-refractivity contribution in [3.05, 3.63) is 24.0 Å². The molecule has 110 valence electrons. The minimum Gasteiger partial charge on any atom is -0.454 e. The third-order valence-electron chi connectivity index (χ3n) is 3.93. The van der Waals surface area contributed by atoms with Gasteiger partial charge in [-0.05, 0) is 37.6 Å². The quantitative estimate of drug-likeness (QED) is 0.915.